The number of halogens is 3. The minimum Gasteiger partial charge on any atom is -0.406 e. The van der Waals surface area contributed by atoms with Crippen LogP contribution < -0.4 is 10.2 Å². The number of carbonyl (C=O) groups excluding carboxylic acids is 1. The van der Waals surface area contributed by atoms with Crippen molar-refractivity contribution in [2.45, 2.75) is 12.9 Å². The molecule has 0 aliphatic rings. The van der Waals surface area contributed by atoms with Crippen molar-refractivity contribution in [2.75, 3.05) is 7.05 Å². The van der Waals surface area contributed by atoms with Gasteiger partial charge in [0.25, 0.3) is 5.91 Å². The van der Waals surface area contributed by atoms with Crippen LogP contribution in [0.2, 0.25) is 0 Å². The fourth-order valence-corrected chi connectivity index (χ4v) is 1.97. The molecule has 0 bridgehead atoms. The Morgan fingerprint density at radius 1 is 1.09 bits per heavy atom. The van der Waals surface area contributed by atoms with Crippen LogP contribution in [0.3, 0.4) is 0 Å². The normalized spacial score (nSPS) is 11.1. The number of amides is 1. The summed E-state index contributed by atoms with van der Waals surface area (Å²) in [5.41, 5.74) is 3.95. The molecule has 2 aromatic carbocycles. The summed E-state index contributed by atoms with van der Waals surface area (Å²) in [5.74, 6) is -0.532. The zero-order valence-electron chi connectivity index (χ0n) is 12.3. The van der Waals surface area contributed by atoms with Crippen molar-refractivity contribution in [3.05, 3.63) is 65.7 Å². The molecule has 0 spiro atoms. The molecule has 1 N–H and O–H groups in total. The van der Waals surface area contributed by atoms with E-state index in [0.29, 0.717) is 11.1 Å². The highest BCUT2D eigenvalue weighted by Crippen LogP contribution is 2.23. The van der Waals surface area contributed by atoms with Gasteiger partial charge >= 0.3 is 6.36 Å². The van der Waals surface area contributed by atoms with Gasteiger partial charge < -0.3 is 4.74 Å². The molecule has 0 aromatic heterocycles. The van der Waals surface area contributed by atoms with E-state index in [0.717, 1.165) is 0 Å². The maximum Gasteiger partial charge on any atom is 0.573 e. The molecule has 0 aliphatic heterocycles. The van der Waals surface area contributed by atoms with E-state index in [1.54, 1.807) is 37.4 Å². The second kappa shape index (κ2) is 7.15. The van der Waals surface area contributed by atoms with E-state index in [2.05, 4.69) is 10.2 Å². The molecule has 0 aliphatic carbocycles. The second-order valence-electron chi connectivity index (χ2n) is 4.67. The molecule has 1 amide bonds. The molecule has 0 unspecified atom stereocenters. The summed E-state index contributed by atoms with van der Waals surface area (Å²) < 4.78 is 40.2. The molecule has 0 radical (unpaired) electrons. The fourth-order valence-electron chi connectivity index (χ4n) is 1.97. The molecule has 2 aromatic rings. The highest BCUT2D eigenvalue weighted by molar-refractivity contribution is 5.93. The smallest absolute Gasteiger partial charge is 0.406 e. The summed E-state index contributed by atoms with van der Waals surface area (Å²) in [5, 5.41) is 1.37. The Balaban J connectivity index is 2.06. The Kier molecular flexibility index (Phi) is 5.23. The molecule has 122 valence electrons. The SMILES string of the molecule is CNN(Cc1ccc(OC(F)(F)F)cc1)C(=O)c1ccccc1. The van der Waals surface area contributed by atoms with E-state index in [9.17, 15) is 18.0 Å². The van der Waals surface area contributed by atoms with Crippen LogP contribution in [-0.4, -0.2) is 24.3 Å². The first-order chi connectivity index (χ1) is 10.9. The number of rotatable bonds is 5. The number of nitrogens with zero attached hydrogens (tertiary/aromatic N) is 1. The lowest BCUT2D eigenvalue weighted by Gasteiger charge is -2.21. The molecule has 0 heterocycles. The van der Waals surface area contributed by atoms with Crippen LogP contribution in [0.4, 0.5) is 13.2 Å². The van der Waals surface area contributed by atoms with Crippen LogP contribution in [0.5, 0.6) is 5.75 Å². The Morgan fingerprint density at radius 3 is 2.22 bits per heavy atom. The Labute approximate surface area is 131 Å². The number of benzene rings is 2. The standard InChI is InChI=1S/C16H15F3N2O2/c1-20-21(15(22)13-5-3-2-4-6-13)11-12-7-9-14(10-8-12)23-16(17,18)19/h2-10,20H,11H2,1H3. The summed E-state index contributed by atoms with van der Waals surface area (Å²) in [6.07, 6.45) is -4.72. The maximum atomic E-state index is 12.3. The largest absolute Gasteiger partial charge is 0.573 e. The van der Waals surface area contributed by atoms with Crippen molar-refractivity contribution >= 4 is 5.91 Å². The van der Waals surface area contributed by atoms with Gasteiger partial charge in [-0.3, -0.25) is 9.80 Å². The molecule has 2 rings (SSSR count). The van der Waals surface area contributed by atoms with Crippen molar-refractivity contribution in [3.63, 3.8) is 0 Å². The lowest BCUT2D eigenvalue weighted by molar-refractivity contribution is -0.274. The van der Waals surface area contributed by atoms with Crippen LogP contribution in [0, 0.1) is 0 Å². The Morgan fingerprint density at radius 2 is 1.70 bits per heavy atom. The minimum absolute atomic E-state index is 0.205. The quantitative estimate of drug-likeness (QED) is 0.858. The number of hydrogen-bond donors (Lipinski definition) is 1. The third-order valence-corrected chi connectivity index (χ3v) is 3.03. The van der Waals surface area contributed by atoms with E-state index in [-0.39, 0.29) is 18.2 Å². The lowest BCUT2D eigenvalue weighted by Crippen LogP contribution is -2.39. The van der Waals surface area contributed by atoms with E-state index in [1.807, 2.05) is 0 Å². The van der Waals surface area contributed by atoms with Crippen LogP contribution in [0.1, 0.15) is 15.9 Å². The molecule has 0 saturated carbocycles. The van der Waals surface area contributed by atoms with Crippen LogP contribution in [0.15, 0.2) is 54.6 Å². The molecular formula is C16H15F3N2O2. The number of hydrazine groups is 1. The Bertz CT molecular complexity index is 643. The molecule has 0 fully saturated rings. The summed E-state index contributed by atoms with van der Waals surface area (Å²) in [4.78, 5) is 12.3. The summed E-state index contributed by atoms with van der Waals surface area (Å²) in [6, 6.07) is 14.1. The monoisotopic (exact) mass is 324 g/mol. The molecule has 0 atom stereocenters. The summed E-state index contributed by atoms with van der Waals surface area (Å²) >= 11 is 0. The predicted molar refractivity (Wildman–Crippen MR) is 78.5 cm³/mol. The van der Waals surface area contributed by atoms with Gasteiger partial charge in [0.1, 0.15) is 5.75 Å². The average Bonchev–Trinajstić information content (AvgIpc) is 2.53. The van der Waals surface area contributed by atoms with Crippen LogP contribution in [0.25, 0.3) is 0 Å². The van der Waals surface area contributed by atoms with Gasteiger partial charge in [0.05, 0.1) is 6.54 Å². The van der Waals surface area contributed by atoms with E-state index < -0.39 is 6.36 Å². The molecule has 4 nitrogen and oxygen atoms in total. The third kappa shape index (κ3) is 5.00. The van der Waals surface area contributed by atoms with Crippen molar-refractivity contribution in [1.29, 1.82) is 0 Å². The van der Waals surface area contributed by atoms with Crippen LogP contribution in [-0.2, 0) is 6.54 Å². The van der Waals surface area contributed by atoms with Gasteiger partial charge in [0.15, 0.2) is 0 Å². The first-order valence-corrected chi connectivity index (χ1v) is 6.78. The van der Waals surface area contributed by atoms with Gasteiger partial charge in [-0.1, -0.05) is 30.3 Å². The van der Waals surface area contributed by atoms with Gasteiger partial charge in [-0.15, -0.1) is 13.2 Å². The van der Waals surface area contributed by atoms with Gasteiger partial charge in [-0.2, -0.15) is 0 Å². The fraction of sp³-hybridized carbons (Fsp3) is 0.188. The first-order valence-electron chi connectivity index (χ1n) is 6.78. The molecule has 23 heavy (non-hydrogen) atoms. The van der Waals surface area contributed by atoms with Gasteiger partial charge in [0.2, 0.25) is 0 Å². The number of carbonyl (C=O) groups is 1. The van der Waals surface area contributed by atoms with E-state index in [1.165, 1.54) is 29.3 Å². The number of hydrogen-bond acceptors (Lipinski definition) is 3. The van der Waals surface area contributed by atoms with Crippen molar-refractivity contribution in [3.8, 4) is 5.75 Å². The number of alkyl halides is 3. The number of nitrogens with one attached hydrogen (secondary N) is 1. The molecular weight excluding hydrogens is 309 g/mol. The van der Waals surface area contributed by atoms with Crippen molar-refractivity contribution in [2.24, 2.45) is 0 Å². The Hall–Kier alpha value is -2.54. The van der Waals surface area contributed by atoms with E-state index >= 15 is 0 Å². The first kappa shape index (κ1) is 16.8. The minimum atomic E-state index is -4.72. The van der Waals surface area contributed by atoms with Crippen molar-refractivity contribution in [1.82, 2.24) is 10.4 Å². The zero-order valence-corrected chi connectivity index (χ0v) is 12.3. The second-order valence-corrected chi connectivity index (χ2v) is 4.67. The van der Waals surface area contributed by atoms with Gasteiger partial charge in [-0.05, 0) is 29.8 Å². The zero-order chi connectivity index (χ0) is 16.9. The highest BCUT2D eigenvalue weighted by Gasteiger charge is 2.31. The summed E-state index contributed by atoms with van der Waals surface area (Å²) in [6.45, 7) is 0.205. The molecule has 7 heteroatoms. The highest BCUT2D eigenvalue weighted by atomic mass is 19.4. The van der Waals surface area contributed by atoms with Gasteiger partial charge in [0, 0.05) is 12.6 Å². The average molecular weight is 324 g/mol. The third-order valence-electron chi connectivity index (χ3n) is 3.03. The maximum absolute atomic E-state index is 12.3. The predicted octanol–water partition coefficient (Wildman–Crippen LogP) is 3.36. The molecule has 0 saturated heterocycles. The topological polar surface area (TPSA) is 41.6 Å². The number of ether oxygens (including phenoxy) is 1. The summed E-state index contributed by atoms with van der Waals surface area (Å²) in [7, 11) is 1.60. The van der Waals surface area contributed by atoms with Crippen LogP contribution >= 0.6 is 0 Å². The van der Waals surface area contributed by atoms with Gasteiger partial charge in [-0.25, -0.2) is 5.43 Å². The van der Waals surface area contributed by atoms with E-state index in [4.69, 9.17) is 0 Å². The van der Waals surface area contributed by atoms with Crippen molar-refractivity contribution < 1.29 is 22.7 Å². The lowest BCUT2D eigenvalue weighted by atomic mass is 10.2.